The first-order valence-electron chi connectivity index (χ1n) is 6.61. The lowest BCUT2D eigenvalue weighted by Crippen LogP contribution is -2.54. The molecule has 0 aromatic carbocycles. The normalized spacial score (nSPS) is 20.8. The third-order valence-electron chi connectivity index (χ3n) is 3.54. The van der Waals surface area contributed by atoms with Crippen molar-refractivity contribution >= 4 is 11.7 Å². The Hall–Kier alpha value is -1.69. The van der Waals surface area contributed by atoms with E-state index in [1.54, 1.807) is 6.20 Å². The van der Waals surface area contributed by atoms with Gasteiger partial charge in [0.25, 0.3) is 5.91 Å². The lowest BCUT2D eigenvalue weighted by atomic mass is 10.1. The van der Waals surface area contributed by atoms with Crippen LogP contribution in [0.2, 0.25) is 0 Å². The number of rotatable bonds is 3. The first-order valence-corrected chi connectivity index (χ1v) is 6.61. The molecule has 1 aromatic rings. The molecule has 1 aliphatic rings. The van der Waals surface area contributed by atoms with Gasteiger partial charge in [0.1, 0.15) is 11.5 Å². The molecule has 2 N–H and O–H groups in total. The van der Waals surface area contributed by atoms with Gasteiger partial charge in [0, 0.05) is 31.7 Å². The van der Waals surface area contributed by atoms with Gasteiger partial charge >= 0.3 is 0 Å². The Morgan fingerprint density at radius 2 is 2.16 bits per heavy atom. The van der Waals surface area contributed by atoms with Gasteiger partial charge in [-0.15, -0.1) is 0 Å². The number of hydrogen-bond acceptors (Lipinski definition) is 5. The summed E-state index contributed by atoms with van der Waals surface area (Å²) >= 11 is 0. The van der Waals surface area contributed by atoms with Crippen molar-refractivity contribution in [2.24, 2.45) is 5.73 Å². The van der Waals surface area contributed by atoms with Crippen LogP contribution in [0.25, 0.3) is 0 Å². The van der Waals surface area contributed by atoms with Crippen LogP contribution in [0.1, 0.15) is 31.3 Å². The SMILES string of the molecule is CC(C)N1CCN(c2cncc(C(N)=O)n2)C[C@H]1C. The molecule has 1 atom stereocenters. The van der Waals surface area contributed by atoms with E-state index in [0.717, 1.165) is 25.5 Å². The molecule has 104 valence electrons. The number of carbonyl (C=O) groups is 1. The Morgan fingerprint density at radius 1 is 1.42 bits per heavy atom. The van der Waals surface area contributed by atoms with Gasteiger partial charge in [-0.1, -0.05) is 0 Å². The zero-order chi connectivity index (χ0) is 14.0. The summed E-state index contributed by atoms with van der Waals surface area (Å²) < 4.78 is 0. The topological polar surface area (TPSA) is 75.3 Å². The van der Waals surface area contributed by atoms with Crippen molar-refractivity contribution in [3.63, 3.8) is 0 Å². The molecule has 0 spiro atoms. The molecule has 2 heterocycles. The summed E-state index contributed by atoms with van der Waals surface area (Å²) in [6.45, 7) is 9.38. The number of amides is 1. The number of aromatic nitrogens is 2. The van der Waals surface area contributed by atoms with Crippen LogP contribution in [0.15, 0.2) is 12.4 Å². The Bertz CT molecular complexity index is 462. The molecule has 6 heteroatoms. The molecule has 19 heavy (non-hydrogen) atoms. The maximum atomic E-state index is 11.1. The molecule has 1 fully saturated rings. The Balaban J connectivity index is 2.12. The van der Waals surface area contributed by atoms with E-state index in [0.29, 0.717) is 12.1 Å². The molecule has 6 nitrogen and oxygen atoms in total. The molecule has 2 rings (SSSR count). The summed E-state index contributed by atoms with van der Waals surface area (Å²) in [6, 6.07) is 0.993. The molecule has 1 aliphatic heterocycles. The van der Waals surface area contributed by atoms with Crippen molar-refractivity contribution < 1.29 is 4.79 Å². The molecular weight excluding hydrogens is 242 g/mol. The van der Waals surface area contributed by atoms with Gasteiger partial charge in [0.05, 0.1) is 12.4 Å². The van der Waals surface area contributed by atoms with Crippen molar-refractivity contribution in [2.75, 3.05) is 24.5 Å². The van der Waals surface area contributed by atoms with Gasteiger partial charge in [-0.25, -0.2) is 4.98 Å². The lowest BCUT2D eigenvalue weighted by Gasteiger charge is -2.42. The van der Waals surface area contributed by atoms with Crippen LogP contribution in [0.5, 0.6) is 0 Å². The van der Waals surface area contributed by atoms with Crippen LogP contribution in [0.3, 0.4) is 0 Å². The molecule has 0 saturated carbocycles. The van der Waals surface area contributed by atoms with E-state index in [1.807, 2.05) is 0 Å². The number of nitrogens with two attached hydrogens (primary N) is 1. The highest BCUT2D eigenvalue weighted by Crippen LogP contribution is 2.18. The van der Waals surface area contributed by atoms with E-state index < -0.39 is 5.91 Å². The average Bonchev–Trinajstić information content (AvgIpc) is 2.38. The summed E-state index contributed by atoms with van der Waals surface area (Å²) in [5.74, 6) is 0.190. The summed E-state index contributed by atoms with van der Waals surface area (Å²) in [6.07, 6.45) is 3.09. The van der Waals surface area contributed by atoms with Crippen molar-refractivity contribution in [3.05, 3.63) is 18.1 Å². The summed E-state index contributed by atoms with van der Waals surface area (Å²) in [5, 5.41) is 0. The second-order valence-electron chi connectivity index (χ2n) is 5.25. The molecule has 0 bridgehead atoms. The van der Waals surface area contributed by atoms with E-state index in [1.165, 1.54) is 6.20 Å². The maximum absolute atomic E-state index is 11.1. The zero-order valence-electron chi connectivity index (χ0n) is 11.7. The third-order valence-corrected chi connectivity index (χ3v) is 3.54. The van der Waals surface area contributed by atoms with Crippen LogP contribution >= 0.6 is 0 Å². The second kappa shape index (κ2) is 5.52. The minimum absolute atomic E-state index is 0.219. The summed E-state index contributed by atoms with van der Waals surface area (Å²) in [5.41, 5.74) is 5.45. The van der Waals surface area contributed by atoms with Crippen molar-refractivity contribution in [3.8, 4) is 0 Å². The van der Waals surface area contributed by atoms with Crippen molar-refractivity contribution in [1.29, 1.82) is 0 Å². The number of primary amides is 1. The standard InChI is InChI=1S/C13H21N5O/c1-9(2)18-5-4-17(8-10(18)3)12-7-15-6-11(16-12)13(14)19/h6-7,9-10H,4-5,8H2,1-3H3,(H2,14,19)/t10-/m1/s1. The highest BCUT2D eigenvalue weighted by atomic mass is 16.1. The predicted molar refractivity (Wildman–Crippen MR) is 74.1 cm³/mol. The third kappa shape index (κ3) is 3.01. The van der Waals surface area contributed by atoms with Gasteiger partial charge < -0.3 is 10.6 Å². The highest BCUT2D eigenvalue weighted by molar-refractivity contribution is 5.90. The molecule has 1 saturated heterocycles. The van der Waals surface area contributed by atoms with Crippen LogP contribution in [0.4, 0.5) is 5.82 Å². The Labute approximate surface area is 113 Å². The minimum atomic E-state index is -0.539. The fourth-order valence-electron chi connectivity index (χ4n) is 2.57. The zero-order valence-corrected chi connectivity index (χ0v) is 11.7. The molecule has 0 radical (unpaired) electrons. The minimum Gasteiger partial charge on any atom is -0.364 e. The summed E-state index contributed by atoms with van der Waals surface area (Å²) in [7, 11) is 0. The van der Waals surface area contributed by atoms with Crippen molar-refractivity contribution in [2.45, 2.75) is 32.9 Å². The first kappa shape index (κ1) is 13.7. The number of nitrogens with zero attached hydrogens (tertiary/aromatic N) is 4. The largest absolute Gasteiger partial charge is 0.364 e. The number of hydrogen-bond donors (Lipinski definition) is 1. The monoisotopic (exact) mass is 263 g/mol. The smallest absolute Gasteiger partial charge is 0.268 e. The Morgan fingerprint density at radius 3 is 2.74 bits per heavy atom. The van der Waals surface area contributed by atoms with Crippen LogP contribution < -0.4 is 10.6 Å². The van der Waals surface area contributed by atoms with E-state index in [4.69, 9.17) is 5.73 Å². The summed E-state index contributed by atoms with van der Waals surface area (Å²) in [4.78, 5) is 24.1. The van der Waals surface area contributed by atoms with Gasteiger partial charge in [0.2, 0.25) is 0 Å². The van der Waals surface area contributed by atoms with Gasteiger partial charge in [0.15, 0.2) is 0 Å². The van der Waals surface area contributed by atoms with Gasteiger partial charge in [-0.3, -0.25) is 14.7 Å². The number of carbonyl (C=O) groups excluding carboxylic acids is 1. The number of anilines is 1. The first-order chi connectivity index (χ1) is 8.99. The Kier molecular flexibility index (Phi) is 3.99. The average molecular weight is 263 g/mol. The van der Waals surface area contributed by atoms with Gasteiger partial charge in [-0.2, -0.15) is 0 Å². The molecule has 0 aliphatic carbocycles. The fourth-order valence-corrected chi connectivity index (χ4v) is 2.57. The molecule has 0 unspecified atom stereocenters. The molecular formula is C13H21N5O. The maximum Gasteiger partial charge on any atom is 0.268 e. The second-order valence-corrected chi connectivity index (χ2v) is 5.25. The fraction of sp³-hybridized carbons (Fsp3) is 0.615. The molecule has 1 aromatic heterocycles. The lowest BCUT2D eigenvalue weighted by molar-refractivity contribution is 0.0995. The van der Waals surface area contributed by atoms with Crippen LogP contribution in [0, 0.1) is 0 Å². The van der Waals surface area contributed by atoms with E-state index in [9.17, 15) is 4.79 Å². The van der Waals surface area contributed by atoms with Crippen molar-refractivity contribution in [1.82, 2.24) is 14.9 Å². The highest BCUT2D eigenvalue weighted by Gasteiger charge is 2.26. The van der Waals surface area contributed by atoms with Crippen LogP contribution in [-0.4, -0.2) is 52.5 Å². The quantitative estimate of drug-likeness (QED) is 0.859. The number of piperazine rings is 1. The van der Waals surface area contributed by atoms with Gasteiger partial charge in [-0.05, 0) is 20.8 Å². The van der Waals surface area contributed by atoms with E-state index >= 15 is 0 Å². The van der Waals surface area contributed by atoms with Crippen LogP contribution in [-0.2, 0) is 0 Å². The van der Waals surface area contributed by atoms with E-state index in [-0.39, 0.29) is 5.69 Å². The van der Waals surface area contributed by atoms with E-state index in [2.05, 4.69) is 40.5 Å². The predicted octanol–water partition coefficient (Wildman–Crippen LogP) is 0.494. The molecule has 1 amide bonds.